The van der Waals surface area contributed by atoms with Gasteiger partial charge in [0.2, 0.25) is 0 Å². The highest BCUT2D eigenvalue weighted by Crippen LogP contribution is 2.29. The number of carbonyl (C=O) groups is 1. The third kappa shape index (κ3) is 8.87. The summed E-state index contributed by atoms with van der Waals surface area (Å²) in [5.74, 6) is -0.821. The third-order valence-corrected chi connectivity index (χ3v) is 7.05. The van der Waals surface area contributed by atoms with Gasteiger partial charge in [-0.15, -0.1) is 0 Å². The van der Waals surface area contributed by atoms with E-state index in [1.54, 1.807) is 26.0 Å². The highest BCUT2D eigenvalue weighted by molar-refractivity contribution is 5.69. The summed E-state index contributed by atoms with van der Waals surface area (Å²) in [4.78, 5) is 14.1. The van der Waals surface area contributed by atoms with E-state index in [1.807, 2.05) is 19.1 Å². The van der Waals surface area contributed by atoms with Crippen molar-refractivity contribution in [2.75, 3.05) is 26.3 Å². The van der Waals surface area contributed by atoms with Gasteiger partial charge in [0.1, 0.15) is 11.6 Å². The molecular formula is C30H41F2NO4. The molecule has 3 atom stereocenters. The van der Waals surface area contributed by atoms with Gasteiger partial charge in [-0.3, -0.25) is 9.69 Å². The number of benzene rings is 2. The molecule has 0 aromatic heterocycles. The van der Waals surface area contributed by atoms with Crippen LogP contribution in [0.4, 0.5) is 8.78 Å². The smallest absolute Gasteiger partial charge is 0.306 e. The van der Waals surface area contributed by atoms with Crippen LogP contribution in [0.5, 0.6) is 0 Å². The molecule has 204 valence electrons. The third-order valence-electron chi connectivity index (χ3n) is 7.05. The Bertz CT molecular complexity index is 1020. The van der Waals surface area contributed by atoms with Gasteiger partial charge < -0.3 is 14.6 Å². The van der Waals surface area contributed by atoms with Crippen molar-refractivity contribution in [1.82, 2.24) is 4.90 Å². The molecule has 0 aliphatic carbocycles. The van der Waals surface area contributed by atoms with Crippen LogP contribution in [0.1, 0.15) is 74.3 Å². The van der Waals surface area contributed by atoms with Crippen LogP contribution < -0.4 is 0 Å². The number of hydrogen-bond donors (Lipinski definition) is 1. The molecule has 5 nitrogen and oxygen atoms in total. The van der Waals surface area contributed by atoms with E-state index < -0.39 is 6.10 Å². The summed E-state index contributed by atoms with van der Waals surface area (Å²) in [6, 6.07) is 10.2. The van der Waals surface area contributed by atoms with Gasteiger partial charge in [0.05, 0.1) is 25.4 Å². The van der Waals surface area contributed by atoms with E-state index in [4.69, 9.17) is 9.47 Å². The number of ether oxygens (including phenoxy) is 2. The van der Waals surface area contributed by atoms with Crippen LogP contribution in [-0.4, -0.2) is 54.4 Å². The second-order valence-electron chi connectivity index (χ2n) is 9.99. The van der Waals surface area contributed by atoms with Crippen LogP contribution in [0.15, 0.2) is 36.4 Å². The lowest BCUT2D eigenvalue weighted by molar-refractivity contribution is -0.143. The highest BCUT2D eigenvalue weighted by atomic mass is 19.1. The van der Waals surface area contributed by atoms with Gasteiger partial charge in [-0.05, 0) is 92.9 Å². The van der Waals surface area contributed by atoms with E-state index in [2.05, 4.69) is 4.90 Å². The fourth-order valence-electron chi connectivity index (χ4n) is 5.11. The Morgan fingerprint density at radius 3 is 2.73 bits per heavy atom. The van der Waals surface area contributed by atoms with E-state index in [0.717, 1.165) is 48.9 Å². The molecule has 2 aromatic rings. The Labute approximate surface area is 219 Å². The number of hydrogen-bond acceptors (Lipinski definition) is 5. The monoisotopic (exact) mass is 517 g/mol. The molecule has 1 saturated heterocycles. The van der Waals surface area contributed by atoms with Crippen LogP contribution in [0, 0.1) is 18.6 Å². The summed E-state index contributed by atoms with van der Waals surface area (Å²) in [6.45, 7) is 7.37. The first-order chi connectivity index (χ1) is 17.8. The molecule has 7 heteroatoms. The van der Waals surface area contributed by atoms with Gasteiger partial charge in [-0.2, -0.15) is 0 Å². The van der Waals surface area contributed by atoms with Crippen molar-refractivity contribution in [1.29, 1.82) is 0 Å². The maximum atomic E-state index is 14.2. The molecule has 1 aliphatic rings. The number of halogens is 2. The van der Waals surface area contributed by atoms with Crippen LogP contribution in [0.25, 0.3) is 0 Å². The fraction of sp³-hybridized carbons (Fsp3) is 0.567. The molecule has 2 aromatic carbocycles. The van der Waals surface area contributed by atoms with Crippen LogP contribution in [0.2, 0.25) is 0 Å². The van der Waals surface area contributed by atoms with Crippen LogP contribution in [-0.2, 0) is 27.1 Å². The van der Waals surface area contributed by atoms with Crippen molar-refractivity contribution in [2.24, 2.45) is 0 Å². The molecule has 3 rings (SSSR count). The number of β-amino-alcohol motifs (C(OH)–C–C–N with tert-alkyl or cyclic N) is 1. The number of aliphatic hydroxyl groups excluding tert-OH is 1. The van der Waals surface area contributed by atoms with E-state index in [1.165, 1.54) is 12.1 Å². The Balaban J connectivity index is 1.60. The lowest BCUT2D eigenvalue weighted by Gasteiger charge is -2.28. The summed E-state index contributed by atoms with van der Waals surface area (Å²) in [6.07, 6.45) is 3.88. The van der Waals surface area contributed by atoms with Crippen molar-refractivity contribution >= 4 is 5.97 Å². The molecule has 0 amide bonds. The van der Waals surface area contributed by atoms with Crippen molar-refractivity contribution in [2.45, 2.75) is 84.0 Å². The molecule has 0 unspecified atom stereocenters. The Morgan fingerprint density at radius 2 is 2.00 bits per heavy atom. The molecule has 1 aliphatic heterocycles. The molecule has 0 radical (unpaired) electrons. The SMILES string of the molecule is CCC[C@@H](OC[C@H](O)CN1CCC[C@H]1Cc1ccc(C)c(F)c1)c1cc(F)ccc1CCC(=O)OCC. The van der Waals surface area contributed by atoms with E-state index >= 15 is 0 Å². The number of nitrogens with zero attached hydrogens (tertiary/aromatic N) is 1. The number of aliphatic hydroxyl groups is 1. The zero-order valence-corrected chi connectivity index (χ0v) is 22.3. The Kier molecular flexibility index (Phi) is 11.5. The summed E-state index contributed by atoms with van der Waals surface area (Å²) in [5, 5.41) is 10.8. The number of carbonyl (C=O) groups excluding carboxylic acids is 1. The highest BCUT2D eigenvalue weighted by Gasteiger charge is 2.27. The molecule has 1 fully saturated rings. The lowest BCUT2D eigenvalue weighted by atomic mass is 9.96. The number of rotatable bonds is 14. The molecule has 0 bridgehead atoms. The summed E-state index contributed by atoms with van der Waals surface area (Å²) in [5.41, 5.74) is 3.19. The second kappa shape index (κ2) is 14.6. The zero-order valence-electron chi connectivity index (χ0n) is 22.3. The van der Waals surface area contributed by atoms with Gasteiger partial charge in [-0.25, -0.2) is 8.78 Å². The minimum Gasteiger partial charge on any atom is -0.466 e. The van der Waals surface area contributed by atoms with Crippen molar-refractivity contribution < 1.29 is 28.2 Å². The van der Waals surface area contributed by atoms with E-state index in [9.17, 15) is 18.7 Å². The number of likely N-dealkylation sites (tertiary alicyclic amines) is 1. The fourth-order valence-corrected chi connectivity index (χ4v) is 5.11. The lowest BCUT2D eigenvalue weighted by Crippen LogP contribution is -2.39. The predicted octanol–water partition coefficient (Wildman–Crippen LogP) is 5.69. The molecule has 0 saturated carbocycles. The quantitative estimate of drug-likeness (QED) is 0.326. The van der Waals surface area contributed by atoms with E-state index in [-0.39, 0.29) is 42.8 Å². The average molecular weight is 518 g/mol. The maximum absolute atomic E-state index is 14.2. The van der Waals surface area contributed by atoms with Gasteiger partial charge in [0.15, 0.2) is 0 Å². The van der Waals surface area contributed by atoms with Gasteiger partial charge in [0.25, 0.3) is 0 Å². The first-order valence-corrected chi connectivity index (χ1v) is 13.5. The standard InChI is InChI=1S/C30H41F2NO4/c1-4-7-29(27-18-24(31)13-11-23(27)12-14-30(35)36-5-2)37-20-26(34)19-33-15-6-8-25(33)16-22-10-9-21(3)28(32)17-22/h9-11,13,17-18,25-26,29,34H,4-8,12,14-16,19-20H2,1-3H3/t25-,26+,29+/m0/s1. The molecule has 1 heterocycles. The van der Waals surface area contributed by atoms with Gasteiger partial charge in [0, 0.05) is 19.0 Å². The average Bonchev–Trinajstić information content (AvgIpc) is 3.29. The van der Waals surface area contributed by atoms with E-state index in [0.29, 0.717) is 31.6 Å². The molecule has 0 spiro atoms. The summed E-state index contributed by atoms with van der Waals surface area (Å²) < 4.78 is 39.4. The normalized spacial score (nSPS) is 17.6. The molecule has 1 N–H and O–H groups in total. The van der Waals surface area contributed by atoms with Crippen LogP contribution >= 0.6 is 0 Å². The Hall–Kier alpha value is -2.35. The van der Waals surface area contributed by atoms with Crippen molar-refractivity contribution in [3.8, 4) is 0 Å². The minimum absolute atomic E-state index is 0.126. The zero-order chi connectivity index (χ0) is 26.8. The van der Waals surface area contributed by atoms with Crippen LogP contribution in [0.3, 0.4) is 0 Å². The summed E-state index contributed by atoms with van der Waals surface area (Å²) >= 11 is 0. The first kappa shape index (κ1) is 29.2. The predicted molar refractivity (Wildman–Crippen MR) is 140 cm³/mol. The molecule has 37 heavy (non-hydrogen) atoms. The van der Waals surface area contributed by atoms with Gasteiger partial charge >= 0.3 is 5.97 Å². The van der Waals surface area contributed by atoms with Crippen molar-refractivity contribution in [3.05, 3.63) is 70.3 Å². The van der Waals surface area contributed by atoms with Crippen molar-refractivity contribution in [3.63, 3.8) is 0 Å². The molecular weight excluding hydrogens is 476 g/mol. The topological polar surface area (TPSA) is 59.0 Å². The maximum Gasteiger partial charge on any atom is 0.306 e. The minimum atomic E-state index is -0.703. The Morgan fingerprint density at radius 1 is 1.19 bits per heavy atom. The number of esters is 1. The first-order valence-electron chi connectivity index (χ1n) is 13.5. The number of aryl methyl sites for hydroxylation is 2. The van der Waals surface area contributed by atoms with Gasteiger partial charge in [-0.1, -0.05) is 31.5 Å². The summed E-state index contributed by atoms with van der Waals surface area (Å²) in [7, 11) is 0. The largest absolute Gasteiger partial charge is 0.466 e. The second-order valence-corrected chi connectivity index (χ2v) is 9.99.